The van der Waals surface area contributed by atoms with Gasteiger partial charge in [0.15, 0.2) is 10.9 Å². The molecule has 7 heteroatoms. The average molecular weight is 390 g/mol. The van der Waals surface area contributed by atoms with Crippen LogP contribution in [0, 0.1) is 13.8 Å². The van der Waals surface area contributed by atoms with Crippen molar-refractivity contribution < 1.29 is 4.79 Å². The zero-order chi connectivity index (χ0) is 17.4. The van der Waals surface area contributed by atoms with Gasteiger partial charge in [-0.25, -0.2) is 0 Å². The molecule has 0 saturated heterocycles. The van der Waals surface area contributed by atoms with Gasteiger partial charge in [-0.3, -0.25) is 4.79 Å². The van der Waals surface area contributed by atoms with E-state index in [0.717, 1.165) is 27.8 Å². The predicted octanol–water partition coefficient (Wildman–Crippen LogP) is 4.92. The molecule has 1 aliphatic rings. The third kappa shape index (κ3) is 3.73. The van der Waals surface area contributed by atoms with Gasteiger partial charge >= 0.3 is 0 Å². The molecule has 4 rings (SSSR count). The van der Waals surface area contributed by atoms with Crippen LogP contribution in [0.4, 0.5) is 0 Å². The first-order valence-electron chi connectivity index (χ1n) is 8.31. The van der Waals surface area contributed by atoms with Crippen molar-refractivity contribution in [1.29, 1.82) is 0 Å². The fourth-order valence-corrected chi connectivity index (χ4v) is 5.46. The van der Waals surface area contributed by atoms with Crippen molar-refractivity contribution in [1.82, 2.24) is 14.8 Å². The second kappa shape index (κ2) is 7.05. The summed E-state index contributed by atoms with van der Waals surface area (Å²) in [5.74, 6) is 1.61. The Morgan fingerprint density at radius 2 is 2.20 bits per heavy atom. The summed E-state index contributed by atoms with van der Waals surface area (Å²) in [4.78, 5) is 16.1. The fourth-order valence-electron chi connectivity index (χ4n) is 2.91. The normalized spacial score (nSPS) is 14.2. The van der Waals surface area contributed by atoms with Gasteiger partial charge in [-0.2, -0.15) is 0 Å². The molecule has 0 amide bonds. The maximum atomic E-state index is 12.5. The molecule has 0 N–H and O–H groups in total. The Morgan fingerprint density at radius 3 is 2.84 bits per heavy atom. The standard InChI is InChI=1S/C18H19N3OS3/c1-11-8-15(12(2)25-11)16(22)10-24-18-20-19-17(21(18)13-5-6-13)9-14-4-3-7-23-14/h3-4,7-8,13H,5-6,9-10H2,1-2H3. The van der Waals surface area contributed by atoms with Crippen LogP contribution in [0.3, 0.4) is 0 Å². The van der Waals surface area contributed by atoms with E-state index >= 15 is 0 Å². The number of aryl methyl sites for hydroxylation is 2. The van der Waals surface area contributed by atoms with Crippen LogP contribution in [0.1, 0.15) is 49.7 Å². The van der Waals surface area contributed by atoms with E-state index in [0.29, 0.717) is 11.8 Å². The molecule has 0 aromatic carbocycles. The zero-order valence-corrected chi connectivity index (χ0v) is 16.6. The van der Waals surface area contributed by atoms with Crippen molar-refractivity contribution in [3.63, 3.8) is 0 Å². The molecule has 3 aromatic heterocycles. The van der Waals surface area contributed by atoms with Crippen molar-refractivity contribution in [2.45, 2.75) is 44.3 Å². The number of Topliss-reactive ketones (excluding diaryl/α,β-unsaturated/α-hetero) is 1. The third-order valence-corrected chi connectivity index (χ3v) is 7.02. The van der Waals surface area contributed by atoms with E-state index in [1.807, 2.05) is 19.9 Å². The van der Waals surface area contributed by atoms with Crippen LogP contribution < -0.4 is 0 Å². The van der Waals surface area contributed by atoms with Crippen LogP contribution in [0.25, 0.3) is 0 Å². The van der Waals surface area contributed by atoms with Crippen molar-refractivity contribution >= 4 is 40.2 Å². The number of carbonyl (C=O) groups excluding carboxylic acids is 1. The van der Waals surface area contributed by atoms with E-state index in [1.165, 1.54) is 34.4 Å². The quantitative estimate of drug-likeness (QED) is 0.425. The van der Waals surface area contributed by atoms with E-state index < -0.39 is 0 Å². The molecule has 1 fully saturated rings. The Balaban J connectivity index is 1.50. The van der Waals surface area contributed by atoms with Gasteiger partial charge in [-0.1, -0.05) is 17.8 Å². The van der Waals surface area contributed by atoms with Crippen molar-refractivity contribution in [3.8, 4) is 0 Å². The number of hydrogen-bond acceptors (Lipinski definition) is 6. The lowest BCUT2D eigenvalue weighted by atomic mass is 10.2. The molecule has 25 heavy (non-hydrogen) atoms. The SMILES string of the molecule is Cc1cc(C(=O)CSc2nnc(Cc3cccs3)n2C2CC2)c(C)s1. The highest BCUT2D eigenvalue weighted by molar-refractivity contribution is 7.99. The molecule has 3 aromatic rings. The smallest absolute Gasteiger partial charge is 0.191 e. The Bertz CT molecular complexity index is 891. The molecular weight excluding hydrogens is 370 g/mol. The Hall–Kier alpha value is -1.44. The van der Waals surface area contributed by atoms with Gasteiger partial charge in [-0.05, 0) is 44.2 Å². The van der Waals surface area contributed by atoms with Gasteiger partial charge in [0.1, 0.15) is 5.82 Å². The monoisotopic (exact) mass is 389 g/mol. The van der Waals surface area contributed by atoms with Gasteiger partial charge in [0.25, 0.3) is 0 Å². The number of rotatable bonds is 7. The zero-order valence-electron chi connectivity index (χ0n) is 14.2. The number of thioether (sulfide) groups is 1. The number of ketones is 1. The summed E-state index contributed by atoms with van der Waals surface area (Å²) in [6, 6.07) is 6.70. The maximum Gasteiger partial charge on any atom is 0.191 e. The lowest BCUT2D eigenvalue weighted by molar-refractivity contribution is 0.102. The highest BCUT2D eigenvalue weighted by atomic mass is 32.2. The number of aromatic nitrogens is 3. The predicted molar refractivity (Wildman–Crippen MR) is 104 cm³/mol. The van der Waals surface area contributed by atoms with Crippen molar-refractivity contribution in [2.24, 2.45) is 0 Å². The van der Waals surface area contributed by atoms with Crippen LogP contribution in [0.2, 0.25) is 0 Å². The summed E-state index contributed by atoms with van der Waals surface area (Å²) in [6.07, 6.45) is 3.18. The molecule has 3 heterocycles. The summed E-state index contributed by atoms with van der Waals surface area (Å²) < 4.78 is 2.25. The van der Waals surface area contributed by atoms with Gasteiger partial charge in [0.05, 0.1) is 5.75 Å². The van der Waals surface area contributed by atoms with Crippen molar-refractivity contribution in [3.05, 3.63) is 49.6 Å². The van der Waals surface area contributed by atoms with Crippen LogP contribution >= 0.6 is 34.4 Å². The molecular formula is C18H19N3OS3. The van der Waals surface area contributed by atoms with E-state index in [-0.39, 0.29) is 5.78 Å². The first-order chi connectivity index (χ1) is 12.1. The summed E-state index contributed by atoms with van der Waals surface area (Å²) in [5, 5.41) is 11.8. The van der Waals surface area contributed by atoms with Gasteiger partial charge in [0, 0.05) is 32.7 Å². The molecule has 1 saturated carbocycles. The van der Waals surface area contributed by atoms with Crippen LogP contribution in [-0.2, 0) is 6.42 Å². The van der Waals surface area contributed by atoms with Gasteiger partial charge < -0.3 is 4.57 Å². The second-order valence-electron chi connectivity index (χ2n) is 6.29. The highest BCUT2D eigenvalue weighted by Crippen LogP contribution is 2.39. The molecule has 0 unspecified atom stereocenters. The third-order valence-electron chi connectivity index (χ3n) is 4.23. The number of hydrogen-bond donors (Lipinski definition) is 0. The lowest BCUT2D eigenvalue weighted by Crippen LogP contribution is -2.06. The largest absolute Gasteiger partial charge is 0.303 e. The molecule has 0 atom stereocenters. The minimum Gasteiger partial charge on any atom is -0.303 e. The van der Waals surface area contributed by atoms with E-state index in [9.17, 15) is 4.79 Å². The van der Waals surface area contributed by atoms with Gasteiger partial charge in [-0.15, -0.1) is 32.9 Å². The molecule has 0 bridgehead atoms. The molecule has 0 aliphatic heterocycles. The van der Waals surface area contributed by atoms with Gasteiger partial charge in [0.2, 0.25) is 0 Å². The Morgan fingerprint density at radius 1 is 1.36 bits per heavy atom. The minimum absolute atomic E-state index is 0.178. The highest BCUT2D eigenvalue weighted by Gasteiger charge is 2.30. The van der Waals surface area contributed by atoms with Crippen molar-refractivity contribution in [2.75, 3.05) is 5.75 Å². The van der Waals surface area contributed by atoms with E-state index in [1.54, 1.807) is 22.7 Å². The number of nitrogens with zero attached hydrogens (tertiary/aromatic N) is 3. The number of thiophene rings is 2. The summed E-state index contributed by atoms with van der Waals surface area (Å²) in [5.41, 5.74) is 0.853. The molecule has 4 nitrogen and oxygen atoms in total. The molecule has 0 spiro atoms. The van der Waals surface area contributed by atoms with Crippen LogP contribution in [-0.4, -0.2) is 26.3 Å². The summed E-state index contributed by atoms with van der Waals surface area (Å²) >= 11 is 4.95. The Kier molecular flexibility index (Phi) is 4.80. The summed E-state index contributed by atoms with van der Waals surface area (Å²) in [6.45, 7) is 4.06. The van der Waals surface area contributed by atoms with Crippen LogP contribution in [0.5, 0.6) is 0 Å². The fraction of sp³-hybridized carbons (Fsp3) is 0.389. The first kappa shape index (κ1) is 17.0. The first-order valence-corrected chi connectivity index (χ1v) is 11.0. The van der Waals surface area contributed by atoms with E-state index in [4.69, 9.17) is 0 Å². The summed E-state index contributed by atoms with van der Waals surface area (Å²) in [7, 11) is 0. The molecule has 1 aliphatic carbocycles. The average Bonchev–Trinajstić information content (AvgIpc) is 2.99. The minimum atomic E-state index is 0.178. The molecule has 130 valence electrons. The van der Waals surface area contributed by atoms with E-state index in [2.05, 4.69) is 32.3 Å². The lowest BCUT2D eigenvalue weighted by Gasteiger charge is -2.08. The maximum absolute atomic E-state index is 12.5. The van der Waals surface area contributed by atoms with Crippen LogP contribution in [0.15, 0.2) is 28.7 Å². The second-order valence-corrected chi connectivity index (χ2v) is 9.73. The number of carbonyl (C=O) groups is 1. The topological polar surface area (TPSA) is 47.8 Å². The molecule has 0 radical (unpaired) electrons. The Labute approximate surface area is 159 Å².